The Labute approximate surface area is 117 Å². The first-order chi connectivity index (χ1) is 9.49. The molecule has 1 aromatic carbocycles. The molecule has 1 aromatic heterocycles. The molecule has 0 N–H and O–H groups in total. The number of nitrogens with zero attached hydrogens (tertiary/aromatic N) is 3. The van der Waals surface area contributed by atoms with E-state index in [0.717, 1.165) is 17.0 Å². The van der Waals surface area contributed by atoms with E-state index in [0.29, 0.717) is 18.7 Å². The van der Waals surface area contributed by atoms with Gasteiger partial charge in [0.2, 0.25) is 0 Å². The lowest BCUT2D eigenvalue weighted by Crippen LogP contribution is -2.18. The molecule has 0 saturated heterocycles. The standard InChI is InChI=1S/C14H17N3O3/c1-10-13(11(2)20-15-10)9-16(3)8-12-6-4-5-7-14(12)17(18)19/h4-7H,8-9H2,1-3H3. The molecule has 0 unspecified atom stereocenters. The molecule has 0 amide bonds. The van der Waals surface area contributed by atoms with Gasteiger partial charge in [-0.2, -0.15) is 0 Å². The molecule has 0 aliphatic heterocycles. The maximum atomic E-state index is 11.0. The SMILES string of the molecule is Cc1noc(C)c1CN(C)Cc1ccccc1[N+](=O)[O-]. The van der Waals surface area contributed by atoms with Gasteiger partial charge in [0.1, 0.15) is 5.76 Å². The lowest BCUT2D eigenvalue weighted by atomic mass is 10.1. The highest BCUT2D eigenvalue weighted by molar-refractivity contribution is 5.39. The smallest absolute Gasteiger partial charge is 0.273 e. The van der Waals surface area contributed by atoms with Gasteiger partial charge >= 0.3 is 0 Å². The second kappa shape index (κ2) is 5.83. The quantitative estimate of drug-likeness (QED) is 0.619. The number of para-hydroxylation sites is 1. The van der Waals surface area contributed by atoms with Gasteiger partial charge in [0.25, 0.3) is 5.69 Å². The second-order valence-electron chi connectivity index (χ2n) is 4.86. The Morgan fingerprint density at radius 1 is 1.30 bits per heavy atom. The minimum Gasteiger partial charge on any atom is -0.361 e. The lowest BCUT2D eigenvalue weighted by Gasteiger charge is -2.16. The molecule has 6 heteroatoms. The summed E-state index contributed by atoms with van der Waals surface area (Å²) in [4.78, 5) is 12.7. The van der Waals surface area contributed by atoms with Gasteiger partial charge < -0.3 is 4.52 Å². The summed E-state index contributed by atoms with van der Waals surface area (Å²) >= 11 is 0. The van der Waals surface area contributed by atoms with Crippen molar-refractivity contribution in [2.75, 3.05) is 7.05 Å². The highest BCUT2D eigenvalue weighted by Crippen LogP contribution is 2.21. The largest absolute Gasteiger partial charge is 0.361 e. The Balaban J connectivity index is 2.13. The van der Waals surface area contributed by atoms with Crippen LogP contribution in [-0.4, -0.2) is 22.0 Å². The molecule has 106 valence electrons. The van der Waals surface area contributed by atoms with Crippen LogP contribution in [0.15, 0.2) is 28.8 Å². The summed E-state index contributed by atoms with van der Waals surface area (Å²) in [7, 11) is 1.92. The molecule has 20 heavy (non-hydrogen) atoms. The van der Waals surface area contributed by atoms with Crippen molar-refractivity contribution < 1.29 is 9.45 Å². The fourth-order valence-corrected chi connectivity index (χ4v) is 2.17. The molecule has 2 aromatic rings. The van der Waals surface area contributed by atoms with E-state index in [1.54, 1.807) is 12.1 Å². The summed E-state index contributed by atoms with van der Waals surface area (Å²) < 4.78 is 5.12. The molecule has 1 heterocycles. The normalized spacial score (nSPS) is 11.0. The molecule has 0 bridgehead atoms. The zero-order valence-electron chi connectivity index (χ0n) is 11.8. The molecule has 6 nitrogen and oxygen atoms in total. The summed E-state index contributed by atoms with van der Waals surface area (Å²) in [6.07, 6.45) is 0. The summed E-state index contributed by atoms with van der Waals surface area (Å²) in [6, 6.07) is 6.79. The number of aryl methyl sites for hydroxylation is 2. The van der Waals surface area contributed by atoms with Crippen LogP contribution in [0.25, 0.3) is 0 Å². The second-order valence-corrected chi connectivity index (χ2v) is 4.86. The van der Waals surface area contributed by atoms with E-state index in [2.05, 4.69) is 5.16 Å². The summed E-state index contributed by atoms with van der Waals surface area (Å²) in [5, 5.41) is 14.9. The van der Waals surface area contributed by atoms with Crippen molar-refractivity contribution in [2.24, 2.45) is 0 Å². The number of hydrogen-bond donors (Lipinski definition) is 0. The van der Waals surface area contributed by atoms with Crippen LogP contribution in [0, 0.1) is 24.0 Å². The van der Waals surface area contributed by atoms with E-state index >= 15 is 0 Å². The molecule has 0 aliphatic carbocycles. The van der Waals surface area contributed by atoms with E-state index in [4.69, 9.17) is 4.52 Å². The summed E-state index contributed by atoms with van der Waals surface area (Å²) in [6.45, 7) is 4.91. The van der Waals surface area contributed by atoms with Crippen molar-refractivity contribution in [1.82, 2.24) is 10.1 Å². The third kappa shape index (κ3) is 3.03. The van der Waals surface area contributed by atoms with Gasteiger partial charge in [-0.15, -0.1) is 0 Å². The molecule has 0 radical (unpaired) electrons. The predicted octanol–water partition coefficient (Wildman–Crippen LogP) is 2.83. The van der Waals surface area contributed by atoms with Crippen molar-refractivity contribution >= 4 is 5.69 Å². The molecule has 0 fully saturated rings. The van der Waals surface area contributed by atoms with E-state index < -0.39 is 0 Å². The maximum Gasteiger partial charge on any atom is 0.273 e. The van der Waals surface area contributed by atoms with Gasteiger partial charge in [0.15, 0.2) is 0 Å². The van der Waals surface area contributed by atoms with Crippen LogP contribution in [0.2, 0.25) is 0 Å². The highest BCUT2D eigenvalue weighted by Gasteiger charge is 2.16. The van der Waals surface area contributed by atoms with Crippen LogP contribution in [-0.2, 0) is 13.1 Å². The van der Waals surface area contributed by atoms with Gasteiger partial charge in [-0.05, 0) is 20.9 Å². The first-order valence-electron chi connectivity index (χ1n) is 6.31. The van der Waals surface area contributed by atoms with Crippen molar-refractivity contribution in [3.63, 3.8) is 0 Å². The van der Waals surface area contributed by atoms with Crippen LogP contribution >= 0.6 is 0 Å². The number of nitro groups is 1. The first-order valence-corrected chi connectivity index (χ1v) is 6.31. The minimum atomic E-state index is -0.348. The van der Waals surface area contributed by atoms with Crippen LogP contribution in [0.1, 0.15) is 22.6 Å². The van der Waals surface area contributed by atoms with Crippen LogP contribution < -0.4 is 0 Å². The Morgan fingerprint density at radius 2 is 2.00 bits per heavy atom. The average Bonchev–Trinajstić information content (AvgIpc) is 2.71. The first kappa shape index (κ1) is 14.2. The van der Waals surface area contributed by atoms with E-state index in [1.165, 1.54) is 6.07 Å². The molecule has 0 aliphatic rings. The zero-order chi connectivity index (χ0) is 14.7. The Hall–Kier alpha value is -2.21. The Bertz CT molecular complexity index is 602. The number of nitro benzene ring substituents is 1. The van der Waals surface area contributed by atoms with E-state index in [-0.39, 0.29) is 10.6 Å². The number of benzene rings is 1. The monoisotopic (exact) mass is 275 g/mol. The minimum absolute atomic E-state index is 0.151. The predicted molar refractivity (Wildman–Crippen MR) is 74.2 cm³/mol. The number of aromatic nitrogens is 1. The highest BCUT2D eigenvalue weighted by atomic mass is 16.6. The molecular weight excluding hydrogens is 258 g/mol. The molecule has 0 saturated carbocycles. The molecule has 2 rings (SSSR count). The van der Waals surface area contributed by atoms with Crippen LogP contribution in [0.4, 0.5) is 5.69 Å². The lowest BCUT2D eigenvalue weighted by molar-refractivity contribution is -0.385. The topological polar surface area (TPSA) is 72.4 Å². The summed E-state index contributed by atoms with van der Waals surface area (Å²) in [5.41, 5.74) is 2.74. The van der Waals surface area contributed by atoms with E-state index in [1.807, 2.05) is 31.9 Å². The van der Waals surface area contributed by atoms with Gasteiger partial charge in [-0.3, -0.25) is 15.0 Å². The maximum absolute atomic E-state index is 11.0. The molecular formula is C14H17N3O3. The third-order valence-electron chi connectivity index (χ3n) is 3.24. The number of hydrogen-bond acceptors (Lipinski definition) is 5. The van der Waals surface area contributed by atoms with Crippen LogP contribution in [0.5, 0.6) is 0 Å². The van der Waals surface area contributed by atoms with Crippen molar-refractivity contribution in [2.45, 2.75) is 26.9 Å². The van der Waals surface area contributed by atoms with Crippen LogP contribution in [0.3, 0.4) is 0 Å². The van der Waals surface area contributed by atoms with Crippen molar-refractivity contribution in [1.29, 1.82) is 0 Å². The average molecular weight is 275 g/mol. The van der Waals surface area contributed by atoms with Gasteiger partial charge in [-0.1, -0.05) is 23.4 Å². The molecule has 0 atom stereocenters. The molecule has 0 spiro atoms. The third-order valence-corrected chi connectivity index (χ3v) is 3.24. The Morgan fingerprint density at radius 3 is 2.60 bits per heavy atom. The van der Waals surface area contributed by atoms with Gasteiger partial charge in [0, 0.05) is 30.3 Å². The van der Waals surface area contributed by atoms with Gasteiger partial charge in [0.05, 0.1) is 10.6 Å². The van der Waals surface area contributed by atoms with Crippen molar-refractivity contribution in [3.8, 4) is 0 Å². The zero-order valence-corrected chi connectivity index (χ0v) is 11.8. The fraction of sp³-hybridized carbons (Fsp3) is 0.357. The van der Waals surface area contributed by atoms with Gasteiger partial charge in [-0.25, -0.2) is 0 Å². The van der Waals surface area contributed by atoms with Crippen molar-refractivity contribution in [3.05, 3.63) is 57.0 Å². The fourth-order valence-electron chi connectivity index (χ4n) is 2.17. The summed E-state index contributed by atoms with van der Waals surface area (Å²) in [5.74, 6) is 0.789. The number of rotatable bonds is 5. The Kier molecular flexibility index (Phi) is 4.14. The van der Waals surface area contributed by atoms with E-state index in [9.17, 15) is 10.1 Å².